The van der Waals surface area contributed by atoms with Gasteiger partial charge < -0.3 is 19.3 Å². The van der Waals surface area contributed by atoms with E-state index < -0.39 is 0 Å². The largest absolute Gasteiger partial charge is 0.310 e. The lowest BCUT2D eigenvalue weighted by molar-refractivity contribution is 1.18. The van der Waals surface area contributed by atoms with Gasteiger partial charge in [0.25, 0.3) is 0 Å². The van der Waals surface area contributed by atoms with Gasteiger partial charge in [0.2, 0.25) is 0 Å². The minimum absolute atomic E-state index is 1.06. The van der Waals surface area contributed by atoms with Gasteiger partial charge in [-0.25, -0.2) is 0 Å². The number of thiophene rings is 1. The number of hydrogen-bond donors (Lipinski definition) is 0. The smallest absolute Gasteiger partial charge is 0.0561 e. The summed E-state index contributed by atoms with van der Waals surface area (Å²) in [7, 11) is 0. The van der Waals surface area contributed by atoms with Gasteiger partial charge in [0.1, 0.15) is 0 Å². The highest BCUT2D eigenvalue weighted by molar-refractivity contribution is 7.25. The third-order valence-corrected chi connectivity index (χ3v) is 15.6. The first-order valence-electron chi connectivity index (χ1n) is 25.5. The van der Waals surface area contributed by atoms with Crippen molar-refractivity contribution in [3.05, 3.63) is 291 Å². The molecule has 0 unspecified atom stereocenters. The van der Waals surface area contributed by atoms with E-state index in [0.29, 0.717) is 0 Å². The number of fused-ring (bicyclic) bond motifs is 7. The zero-order chi connectivity index (χ0) is 49.7. The Hall–Kier alpha value is -9.68. The number of benzene rings is 12. The minimum atomic E-state index is 1.06. The van der Waals surface area contributed by atoms with E-state index in [1.165, 1.54) is 52.8 Å². The second kappa shape index (κ2) is 18.7. The zero-order valence-electron chi connectivity index (χ0n) is 40.9. The topological polar surface area (TPSA) is 14.7 Å². The van der Waals surface area contributed by atoms with Crippen molar-refractivity contribution in [2.75, 3.05) is 14.7 Å². The maximum atomic E-state index is 2.42. The lowest BCUT2D eigenvalue weighted by Crippen LogP contribution is -2.14. The Morgan fingerprint density at radius 2 is 0.733 bits per heavy atom. The number of nitrogens with zero attached hydrogens (tertiary/aromatic N) is 4. The predicted molar refractivity (Wildman–Crippen MR) is 321 cm³/mol. The molecule has 12 aromatic carbocycles. The van der Waals surface area contributed by atoms with E-state index in [0.717, 1.165) is 68.0 Å². The molecule has 0 saturated carbocycles. The molecule has 5 heteroatoms. The molecule has 0 spiro atoms. The molecule has 14 aromatic rings. The number of para-hydroxylation sites is 6. The van der Waals surface area contributed by atoms with Crippen LogP contribution >= 0.6 is 11.3 Å². The molecule has 354 valence electrons. The van der Waals surface area contributed by atoms with E-state index in [4.69, 9.17) is 0 Å². The molecular formula is C70H48N4S. The molecule has 0 fully saturated rings. The zero-order valence-corrected chi connectivity index (χ0v) is 41.7. The van der Waals surface area contributed by atoms with Gasteiger partial charge in [0.05, 0.1) is 16.7 Å². The summed E-state index contributed by atoms with van der Waals surface area (Å²) < 4.78 is 4.90. The molecule has 0 saturated heterocycles. The molecule has 2 heterocycles. The van der Waals surface area contributed by atoms with Crippen LogP contribution in [-0.2, 0) is 0 Å². The van der Waals surface area contributed by atoms with Crippen LogP contribution in [0, 0.1) is 0 Å². The summed E-state index contributed by atoms with van der Waals surface area (Å²) in [6.45, 7) is 0. The normalized spacial score (nSPS) is 11.5. The van der Waals surface area contributed by atoms with Gasteiger partial charge in [0.15, 0.2) is 0 Å². The van der Waals surface area contributed by atoms with Crippen molar-refractivity contribution in [1.82, 2.24) is 4.57 Å². The van der Waals surface area contributed by atoms with Crippen molar-refractivity contribution in [2.45, 2.75) is 0 Å². The van der Waals surface area contributed by atoms with E-state index in [-0.39, 0.29) is 0 Å². The summed E-state index contributed by atoms with van der Waals surface area (Å²) >= 11 is 1.85. The fourth-order valence-corrected chi connectivity index (χ4v) is 12.2. The maximum absolute atomic E-state index is 2.42. The van der Waals surface area contributed by atoms with Gasteiger partial charge >= 0.3 is 0 Å². The van der Waals surface area contributed by atoms with Crippen molar-refractivity contribution < 1.29 is 0 Å². The predicted octanol–water partition coefficient (Wildman–Crippen LogP) is 20.4. The first-order chi connectivity index (χ1) is 37.2. The molecule has 75 heavy (non-hydrogen) atoms. The summed E-state index contributed by atoms with van der Waals surface area (Å²) in [4.78, 5) is 7.20. The standard InChI is InChI=1S/C70H48N4S/c1-6-23-52(24-7-1)71(53-25-8-2-9-26-53)59-43-51(44-60(46-59)73(55-29-12-4-13-30-55)66-36-20-22-49-21-16-17-33-61(49)66)50-37-41-69-64(45-50)65-47-57(39-42-70(65)75-69)72(54-27-10-3-11-28-54)58-38-40-63-62-34-18-19-35-67(62)74(68(63)48-58)56-31-14-5-15-32-56/h1-48H. The van der Waals surface area contributed by atoms with Crippen LogP contribution in [0.15, 0.2) is 291 Å². The molecule has 0 amide bonds. The van der Waals surface area contributed by atoms with Gasteiger partial charge in [-0.05, 0) is 150 Å². The second-order valence-electron chi connectivity index (χ2n) is 19.0. The molecule has 4 nitrogen and oxygen atoms in total. The van der Waals surface area contributed by atoms with Gasteiger partial charge in [-0.15, -0.1) is 11.3 Å². The molecule has 2 aromatic heterocycles. The van der Waals surface area contributed by atoms with Gasteiger partial charge in [-0.2, -0.15) is 0 Å². The van der Waals surface area contributed by atoms with Crippen LogP contribution in [0.1, 0.15) is 0 Å². The van der Waals surface area contributed by atoms with Crippen molar-refractivity contribution >= 4 is 115 Å². The molecule has 0 bridgehead atoms. The highest BCUT2D eigenvalue weighted by atomic mass is 32.1. The van der Waals surface area contributed by atoms with Crippen molar-refractivity contribution in [3.8, 4) is 16.8 Å². The average molecular weight is 977 g/mol. The third kappa shape index (κ3) is 7.94. The van der Waals surface area contributed by atoms with Crippen LogP contribution in [0.5, 0.6) is 0 Å². The summed E-state index contributed by atoms with van der Waals surface area (Å²) in [6.07, 6.45) is 0. The third-order valence-electron chi connectivity index (χ3n) is 14.5. The van der Waals surface area contributed by atoms with E-state index in [1.807, 2.05) is 11.3 Å². The monoisotopic (exact) mass is 976 g/mol. The quantitative estimate of drug-likeness (QED) is 0.128. The highest BCUT2D eigenvalue weighted by Crippen LogP contribution is 2.47. The first-order valence-corrected chi connectivity index (χ1v) is 26.3. The van der Waals surface area contributed by atoms with E-state index >= 15 is 0 Å². The molecule has 14 rings (SSSR count). The van der Waals surface area contributed by atoms with Crippen molar-refractivity contribution in [3.63, 3.8) is 0 Å². The fraction of sp³-hybridized carbons (Fsp3) is 0. The van der Waals surface area contributed by atoms with Crippen LogP contribution in [-0.4, -0.2) is 4.57 Å². The number of anilines is 9. The van der Waals surface area contributed by atoms with Crippen molar-refractivity contribution in [2.24, 2.45) is 0 Å². The Kier molecular flexibility index (Phi) is 11.0. The van der Waals surface area contributed by atoms with Crippen LogP contribution in [0.3, 0.4) is 0 Å². The number of rotatable bonds is 11. The Balaban J connectivity index is 0.963. The van der Waals surface area contributed by atoms with E-state index in [9.17, 15) is 0 Å². The van der Waals surface area contributed by atoms with Gasteiger partial charge in [0, 0.05) is 87.5 Å². The van der Waals surface area contributed by atoms with Crippen molar-refractivity contribution in [1.29, 1.82) is 0 Å². The lowest BCUT2D eigenvalue weighted by atomic mass is 9.99. The maximum Gasteiger partial charge on any atom is 0.0561 e. The second-order valence-corrected chi connectivity index (χ2v) is 20.1. The van der Waals surface area contributed by atoms with Gasteiger partial charge in [-0.1, -0.05) is 158 Å². The summed E-state index contributed by atoms with van der Waals surface area (Å²) in [5, 5.41) is 7.30. The molecule has 0 aliphatic rings. The lowest BCUT2D eigenvalue weighted by Gasteiger charge is -2.31. The SMILES string of the molecule is c1ccc(N(c2ccccc2)c2cc(-c3ccc4sc5ccc(N(c6ccccc6)c6ccc7c8ccccc8n(-c8ccccc8)c7c6)cc5c4c3)cc(N(c3ccccc3)c3cccc4ccccc34)c2)cc1. The minimum Gasteiger partial charge on any atom is -0.310 e. The highest BCUT2D eigenvalue weighted by Gasteiger charge is 2.23. The molecule has 0 radical (unpaired) electrons. The van der Waals surface area contributed by atoms with Crippen LogP contribution < -0.4 is 14.7 Å². The van der Waals surface area contributed by atoms with E-state index in [1.54, 1.807) is 0 Å². The Morgan fingerprint density at radius 3 is 1.40 bits per heavy atom. The summed E-state index contributed by atoms with van der Waals surface area (Å²) in [5.74, 6) is 0. The molecule has 0 N–H and O–H groups in total. The Morgan fingerprint density at radius 1 is 0.253 bits per heavy atom. The Labute approximate surface area is 440 Å². The van der Waals surface area contributed by atoms with Gasteiger partial charge in [-0.3, -0.25) is 0 Å². The van der Waals surface area contributed by atoms with Crippen LogP contribution in [0.2, 0.25) is 0 Å². The number of aromatic nitrogens is 1. The van der Waals surface area contributed by atoms with Crippen LogP contribution in [0.4, 0.5) is 51.2 Å². The average Bonchev–Trinajstić information content (AvgIpc) is 4.05. The van der Waals surface area contributed by atoms with E-state index in [2.05, 4.69) is 310 Å². The Bertz CT molecular complexity index is 4320. The first kappa shape index (κ1) is 44.1. The number of hydrogen-bond acceptors (Lipinski definition) is 4. The summed E-state index contributed by atoms with van der Waals surface area (Å²) in [6, 6.07) is 106. The molecular weight excluding hydrogens is 929 g/mol. The molecule has 0 aliphatic carbocycles. The summed E-state index contributed by atoms with van der Waals surface area (Å²) in [5.41, 5.74) is 15.5. The fourth-order valence-electron chi connectivity index (χ4n) is 11.1. The molecule has 0 aliphatic heterocycles. The van der Waals surface area contributed by atoms with Crippen LogP contribution in [0.25, 0.3) is 69.6 Å². The molecule has 0 atom stereocenters.